The van der Waals surface area contributed by atoms with Crippen LogP contribution in [0.1, 0.15) is 10.4 Å². The van der Waals surface area contributed by atoms with E-state index >= 15 is 0 Å². The summed E-state index contributed by atoms with van der Waals surface area (Å²) in [5, 5.41) is 3.02. The molecule has 10 heteroatoms. The Hall–Kier alpha value is -2.59. The van der Waals surface area contributed by atoms with E-state index in [1.54, 1.807) is 24.3 Å². The second-order valence-electron chi connectivity index (χ2n) is 5.25. The molecule has 0 heterocycles. The number of benzene rings is 2. The molecule has 140 valence electrons. The molecule has 0 fully saturated rings. The number of hydrogen-bond acceptors (Lipinski definition) is 5. The second kappa shape index (κ2) is 7.75. The molecule has 2 aromatic carbocycles. The van der Waals surface area contributed by atoms with Gasteiger partial charge in [0.1, 0.15) is 5.75 Å². The number of para-hydroxylation sites is 1. The maximum Gasteiger partial charge on any atom is 0.426 e. The van der Waals surface area contributed by atoms with Crippen molar-refractivity contribution in [3.05, 3.63) is 60.2 Å². The Morgan fingerprint density at radius 2 is 1.58 bits per heavy atom. The number of hydrogen-bond donors (Lipinski definition) is 2. The molecule has 0 saturated heterocycles. The first-order chi connectivity index (χ1) is 12.0. The molecule has 0 saturated carbocycles. The number of nitrogens with one attached hydrogen (secondary N) is 1. The summed E-state index contributed by atoms with van der Waals surface area (Å²) in [5.41, 5.74) is 1.15. The van der Waals surface area contributed by atoms with E-state index in [0.29, 0.717) is 5.69 Å². The molecule has 6 nitrogen and oxygen atoms in total. The van der Waals surface area contributed by atoms with E-state index in [0.717, 1.165) is 5.69 Å². The van der Waals surface area contributed by atoms with Gasteiger partial charge >= 0.3 is 12.1 Å². The number of halogens is 3. The molecule has 26 heavy (non-hydrogen) atoms. The Balaban J connectivity index is 2.08. The minimum atomic E-state index is -5.14. The fraction of sp³-hybridized carbons (Fsp3) is 0.188. The van der Waals surface area contributed by atoms with Gasteiger partial charge in [0.05, 0.1) is 5.56 Å². The predicted octanol–water partition coefficient (Wildman–Crippen LogP) is 3.41. The van der Waals surface area contributed by atoms with E-state index in [1.807, 2.05) is 6.07 Å². The molecule has 0 bridgehead atoms. The van der Waals surface area contributed by atoms with Crippen LogP contribution in [0.2, 0.25) is 0 Å². The Morgan fingerprint density at radius 3 is 2.08 bits per heavy atom. The summed E-state index contributed by atoms with van der Waals surface area (Å²) in [6.07, 6.45) is -8.10. The first kappa shape index (κ1) is 19.7. The highest BCUT2D eigenvalue weighted by atomic mass is 32.2. The van der Waals surface area contributed by atoms with Crippen LogP contribution < -0.4 is 5.32 Å². The van der Waals surface area contributed by atoms with Gasteiger partial charge in [-0.3, -0.25) is 4.55 Å². The summed E-state index contributed by atoms with van der Waals surface area (Å²) in [6, 6.07) is 14.4. The van der Waals surface area contributed by atoms with E-state index in [9.17, 15) is 26.4 Å². The number of esters is 1. The maximum absolute atomic E-state index is 12.8. The third kappa shape index (κ3) is 6.05. The number of anilines is 2. The van der Waals surface area contributed by atoms with Gasteiger partial charge in [0.2, 0.25) is 6.10 Å². The van der Waals surface area contributed by atoms with Gasteiger partial charge in [-0.1, -0.05) is 18.2 Å². The second-order valence-corrected chi connectivity index (χ2v) is 6.75. The van der Waals surface area contributed by atoms with Crippen LogP contribution in [0.4, 0.5) is 24.5 Å². The molecule has 2 aromatic rings. The van der Waals surface area contributed by atoms with Gasteiger partial charge in [0.25, 0.3) is 10.1 Å². The number of carbonyl (C=O) groups excluding carboxylic acids is 1. The Bertz CT molecular complexity index is 852. The summed E-state index contributed by atoms with van der Waals surface area (Å²) in [7, 11) is -4.98. The Labute approximate surface area is 147 Å². The van der Waals surface area contributed by atoms with Crippen LogP contribution in [-0.4, -0.2) is 37.0 Å². The van der Waals surface area contributed by atoms with Crippen LogP contribution in [0.3, 0.4) is 0 Å². The van der Waals surface area contributed by atoms with Crippen molar-refractivity contribution >= 4 is 27.5 Å². The van der Waals surface area contributed by atoms with Gasteiger partial charge in [-0.15, -0.1) is 0 Å². The normalized spacial score (nSPS) is 13.1. The Kier molecular flexibility index (Phi) is 5.88. The van der Waals surface area contributed by atoms with Crippen molar-refractivity contribution in [3.8, 4) is 0 Å². The molecular formula is C16H14F3NO5S. The van der Waals surface area contributed by atoms with Crippen molar-refractivity contribution in [2.45, 2.75) is 12.3 Å². The van der Waals surface area contributed by atoms with Crippen molar-refractivity contribution in [3.63, 3.8) is 0 Å². The summed E-state index contributed by atoms with van der Waals surface area (Å²) < 4.78 is 72.5. The van der Waals surface area contributed by atoms with Crippen molar-refractivity contribution in [1.82, 2.24) is 0 Å². The average molecular weight is 389 g/mol. The zero-order chi connectivity index (χ0) is 19.4. The summed E-state index contributed by atoms with van der Waals surface area (Å²) >= 11 is 0. The molecule has 0 aliphatic heterocycles. The fourth-order valence-corrected chi connectivity index (χ4v) is 2.60. The van der Waals surface area contributed by atoms with E-state index in [2.05, 4.69) is 10.1 Å². The van der Waals surface area contributed by atoms with Gasteiger partial charge in [-0.25, -0.2) is 4.79 Å². The number of carbonyl (C=O) groups is 1. The molecule has 0 amide bonds. The minimum Gasteiger partial charge on any atom is -0.448 e. The SMILES string of the molecule is O=C(OC(CS(=O)(=O)O)C(F)(F)F)c1ccc(Nc2ccccc2)cc1. The standard InChI is InChI=1S/C16H14F3NO5S/c17-16(18,19)14(10-26(22,23)24)25-15(21)11-6-8-13(9-7-11)20-12-4-2-1-3-5-12/h1-9,14,20H,10H2,(H,22,23,24). The number of ether oxygens (including phenoxy) is 1. The highest BCUT2D eigenvalue weighted by Gasteiger charge is 2.45. The average Bonchev–Trinajstić information content (AvgIpc) is 2.54. The lowest BCUT2D eigenvalue weighted by Gasteiger charge is -2.19. The zero-order valence-corrected chi connectivity index (χ0v) is 13.9. The van der Waals surface area contributed by atoms with Gasteiger partial charge in [-0.2, -0.15) is 21.6 Å². The minimum absolute atomic E-state index is 0.201. The van der Waals surface area contributed by atoms with Gasteiger partial charge in [0.15, 0.2) is 0 Å². The molecular weight excluding hydrogens is 375 g/mol. The zero-order valence-electron chi connectivity index (χ0n) is 13.1. The fourth-order valence-electron chi connectivity index (χ4n) is 1.96. The number of rotatable bonds is 6. The van der Waals surface area contributed by atoms with Crippen molar-refractivity contribution in [2.75, 3.05) is 11.1 Å². The van der Waals surface area contributed by atoms with Crippen molar-refractivity contribution in [1.29, 1.82) is 0 Å². The smallest absolute Gasteiger partial charge is 0.426 e. The first-order valence-electron chi connectivity index (χ1n) is 7.19. The molecule has 0 aliphatic rings. The first-order valence-corrected chi connectivity index (χ1v) is 8.80. The monoisotopic (exact) mass is 389 g/mol. The van der Waals surface area contributed by atoms with E-state index in [-0.39, 0.29) is 5.56 Å². The van der Waals surface area contributed by atoms with Crippen LogP contribution in [0.25, 0.3) is 0 Å². The summed E-state index contributed by atoms with van der Waals surface area (Å²) in [5.74, 6) is -3.13. The molecule has 0 aromatic heterocycles. The van der Waals surface area contributed by atoms with Crippen molar-refractivity contribution in [2.24, 2.45) is 0 Å². The quantitative estimate of drug-likeness (QED) is 0.581. The van der Waals surface area contributed by atoms with Crippen LogP contribution in [0.5, 0.6) is 0 Å². The van der Waals surface area contributed by atoms with Crippen molar-refractivity contribution < 1.29 is 35.7 Å². The third-order valence-corrected chi connectivity index (χ3v) is 3.88. The summed E-state index contributed by atoms with van der Waals surface area (Å²) in [6.45, 7) is 0. The number of alkyl halides is 3. The molecule has 1 unspecified atom stereocenters. The molecule has 0 radical (unpaired) electrons. The largest absolute Gasteiger partial charge is 0.448 e. The molecule has 2 N–H and O–H groups in total. The van der Waals surface area contributed by atoms with E-state index < -0.39 is 34.1 Å². The topological polar surface area (TPSA) is 92.7 Å². The third-order valence-electron chi connectivity index (χ3n) is 3.16. The summed E-state index contributed by atoms with van der Waals surface area (Å²) in [4.78, 5) is 11.8. The highest BCUT2D eigenvalue weighted by molar-refractivity contribution is 7.85. The lowest BCUT2D eigenvalue weighted by molar-refractivity contribution is -0.197. The highest BCUT2D eigenvalue weighted by Crippen LogP contribution is 2.25. The lowest BCUT2D eigenvalue weighted by atomic mass is 10.2. The van der Waals surface area contributed by atoms with Gasteiger partial charge in [-0.05, 0) is 36.4 Å². The van der Waals surface area contributed by atoms with E-state index in [4.69, 9.17) is 4.55 Å². The molecule has 0 spiro atoms. The molecule has 1 atom stereocenters. The van der Waals surface area contributed by atoms with Crippen LogP contribution in [-0.2, 0) is 14.9 Å². The van der Waals surface area contributed by atoms with Gasteiger partial charge < -0.3 is 10.1 Å². The predicted molar refractivity (Wildman–Crippen MR) is 87.8 cm³/mol. The van der Waals surface area contributed by atoms with Crippen LogP contribution in [0.15, 0.2) is 54.6 Å². The van der Waals surface area contributed by atoms with E-state index in [1.165, 1.54) is 24.3 Å². The lowest BCUT2D eigenvalue weighted by Crippen LogP contribution is -2.39. The maximum atomic E-state index is 12.8. The Morgan fingerprint density at radius 1 is 1.04 bits per heavy atom. The van der Waals surface area contributed by atoms with Gasteiger partial charge in [0, 0.05) is 11.4 Å². The van der Waals surface area contributed by atoms with Crippen LogP contribution in [0, 0.1) is 0 Å². The van der Waals surface area contributed by atoms with Crippen LogP contribution >= 0.6 is 0 Å². The molecule has 2 rings (SSSR count). The molecule has 0 aliphatic carbocycles.